The second-order valence-electron chi connectivity index (χ2n) is 6.62. The third-order valence-corrected chi connectivity index (χ3v) is 4.74. The lowest BCUT2D eigenvalue weighted by molar-refractivity contribution is 0.0234. The molecule has 1 saturated carbocycles. The Bertz CT molecular complexity index is 915. The highest BCUT2D eigenvalue weighted by Gasteiger charge is 2.36. The summed E-state index contributed by atoms with van der Waals surface area (Å²) in [4.78, 5) is 17.0. The average Bonchev–Trinajstić information content (AvgIpc) is 3.03. The number of nitrogens with one attached hydrogen (secondary N) is 1. The summed E-state index contributed by atoms with van der Waals surface area (Å²) in [5.41, 5.74) is 2.11. The molecule has 128 valence electrons. The fourth-order valence-electron chi connectivity index (χ4n) is 3.32. The summed E-state index contributed by atoms with van der Waals surface area (Å²) in [5, 5.41) is 17.5. The van der Waals surface area contributed by atoms with Crippen LogP contribution in [0.2, 0.25) is 0 Å². The van der Waals surface area contributed by atoms with Gasteiger partial charge in [-0.3, -0.25) is 9.78 Å². The number of carbonyl (C=O) groups excluding carboxylic acids is 1. The smallest absolute Gasteiger partial charge is 0.273 e. The number of fused-ring (bicyclic) bond motifs is 1. The molecule has 2 aromatic heterocycles. The van der Waals surface area contributed by atoms with Gasteiger partial charge in [-0.05, 0) is 43.4 Å². The van der Waals surface area contributed by atoms with Crippen LogP contribution in [0.5, 0.6) is 0 Å². The zero-order chi connectivity index (χ0) is 17.4. The minimum absolute atomic E-state index is 0.176. The third kappa shape index (κ3) is 3.13. The molecule has 0 bridgehead atoms. The minimum atomic E-state index is -0.299. The molecule has 6 heteroatoms. The van der Waals surface area contributed by atoms with Crippen molar-refractivity contribution in [2.75, 3.05) is 0 Å². The fraction of sp³-hybridized carbons (Fsp3) is 0.316. The van der Waals surface area contributed by atoms with Crippen molar-refractivity contribution in [3.05, 3.63) is 59.6 Å². The number of aliphatic hydroxyl groups excluding tert-OH is 1. The lowest BCUT2D eigenvalue weighted by atomic mass is 9.75. The van der Waals surface area contributed by atoms with Crippen molar-refractivity contribution >= 4 is 16.8 Å². The van der Waals surface area contributed by atoms with Crippen molar-refractivity contribution in [3.63, 3.8) is 0 Å². The number of aryl methyl sites for hydroxylation is 1. The van der Waals surface area contributed by atoms with Crippen LogP contribution in [0.1, 0.15) is 40.7 Å². The lowest BCUT2D eigenvalue weighted by Crippen LogP contribution is -2.41. The predicted octanol–water partition coefficient (Wildman–Crippen LogP) is 2.77. The summed E-state index contributed by atoms with van der Waals surface area (Å²) < 4.78 is 4.99. The van der Waals surface area contributed by atoms with Crippen molar-refractivity contribution in [2.45, 2.75) is 31.9 Å². The average molecular weight is 337 g/mol. The van der Waals surface area contributed by atoms with Gasteiger partial charge < -0.3 is 14.9 Å². The van der Waals surface area contributed by atoms with Gasteiger partial charge in [0.25, 0.3) is 5.91 Å². The van der Waals surface area contributed by atoms with Crippen LogP contribution in [0, 0.1) is 12.8 Å². The highest BCUT2D eigenvalue weighted by Crippen LogP contribution is 2.38. The van der Waals surface area contributed by atoms with Crippen molar-refractivity contribution < 1.29 is 14.4 Å². The summed E-state index contributed by atoms with van der Waals surface area (Å²) in [6, 6.07) is 11.3. The largest absolute Gasteiger partial charge is 0.393 e. The second-order valence-corrected chi connectivity index (χ2v) is 6.62. The lowest BCUT2D eigenvalue weighted by Gasteiger charge is -2.38. The molecule has 0 unspecified atom stereocenters. The van der Waals surface area contributed by atoms with E-state index in [1.807, 2.05) is 30.3 Å². The standard InChI is InChI=1S/C19H19N3O3/c1-11-6-17(22-25-11)19(24)21-18(13-8-15(23)9-13)14-7-12-4-2-3-5-16(12)20-10-14/h2-7,10,13,15,18,23H,8-9H2,1H3,(H,21,24)/t13?,15?,18-/m0/s1. The van der Waals surface area contributed by atoms with E-state index in [-0.39, 0.29) is 29.7 Å². The van der Waals surface area contributed by atoms with E-state index in [1.165, 1.54) is 0 Å². The Morgan fingerprint density at radius 1 is 1.32 bits per heavy atom. The zero-order valence-electron chi connectivity index (χ0n) is 13.8. The maximum absolute atomic E-state index is 12.5. The number of nitrogens with zero attached hydrogens (tertiary/aromatic N) is 2. The van der Waals surface area contributed by atoms with Crippen molar-refractivity contribution in [1.29, 1.82) is 0 Å². The maximum Gasteiger partial charge on any atom is 0.273 e. The summed E-state index contributed by atoms with van der Waals surface area (Å²) in [7, 11) is 0. The number of amides is 1. The van der Waals surface area contributed by atoms with Gasteiger partial charge in [-0.2, -0.15) is 0 Å². The molecular formula is C19H19N3O3. The van der Waals surface area contributed by atoms with Gasteiger partial charge in [-0.1, -0.05) is 23.4 Å². The number of pyridine rings is 1. The van der Waals surface area contributed by atoms with Crippen LogP contribution in [-0.2, 0) is 0 Å². The molecule has 1 fully saturated rings. The number of hydrogen-bond acceptors (Lipinski definition) is 5. The van der Waals surface area contributed by atoms with Crippen LogP contribution in [-0.4, -0.2) is 27.3 Å². The van der Waals surface area contributed by atoms with Gasteiger partial charge in [-0.15, -0.1) is 0 Å². The van der Waals surface area contributed by atoms with Gasteiger partial charge in [0, 0.05) is 17.6 Å². The van der Waals surface area contributed by atoms with Crippen LogP contribution in [0.4, 0.5) is 0 Å². The number of rotatable bonds is 4. The van der Waals surface area contributed by atoms with Crippen LogP contribution in [0.3, 0.4) is 0 Å². The van der Waals surface area contributed by atoms with Gasteiger partial charge in [0.1, 0.15) is 5.76 Å². The van der Waals surface area contributed by atoms with Crippen LogP contribution >= 0.6 is 0 Å². The van der Waals surface area contributed by atoms with E-state index in [4.69, 9.17) is 4.52 Å². The Morgan fingerprint density at radius 2 is 2.12 bits per heavy atom. The first-order chi connectivity index (χ1) is 12.1. The van der Waals surface area contributed by atoms with E-state index < -0.39 is 0 Å². The zero-order valence-corrected chi connectivity index (χ0v) is 13.8. The number of para-hydroxylation sites is 1. The molecule has 2 heterocycles. The summed E-state index contributed by atoms with van der Waals surface area (Å²) in [5.74, 6) is 0.486. The summed E-state index contributed by atoms with van der Waals surface area (Å²) in [6.07, 6.45) is 2.82. The first kappa shape index (κ1) is 15.8. The molecule has 1 aliphatic carbocycles. The Morgan fingerprint density at radius 3 is 2.84 bits per heavy atom. The molecule has 6 nitrogen and oxygen atoms in total. The van der Waals surface area contributed by atoms with Crippen molar-refractivity contribution in [2.24, 2.45) is 5.92 Å². The fourth-order valence-corrected chi connectivity index (χ4v) is 3.32. The van der Waals surface area contributed by atoms with Gasteiger partial charge in [0.15, 0.2) is 5.69 Å². The Kier molecular flexibility index (Phi) is 3.97. The van der Waals surface area contributed by atoms with Crippen LogP contribution in [0.15, 0.2) is 47.1 Å². The third-order valence-electron chi connectivity index (χ3n) is 4.74. The van der Waals surface area contributed by atoms with Gasteiger partial charge in [0.2, 0.25) is 0 Å². The van der Waals surface area contributed by atoms with E-state index >= 15 is 0 Å². The van der Waals surface area contributed by atoms with Crippen molar-refractivity contribution in [3.8, 4) is 0 Å². The van der Waals surface area contributed by atoms with Crippen LogP contribution in [0.25, 0.3) is 10.9 Å². The quantitative estimate of drug-likeness (QED) is 0.764. The summed E-state index contributed by atoms with van der Waals surface area (Å²) in [6.45, 7) is 1.75. The monoisotopic (exact) mass is 337 g/mol. The normalized spacial score (nSPS) is 20.9. The molecule has 1 aliphatic rings. The first-order valence-corrected chi connectivity index (χ1v) is 8.37. The highest BCUT2D eigenvalue weighted by molar-refractivity contribution is 5.92. The topological polar surface area (TPSA) is 88.2 Å². The SMILES string of the molecule is Cc1cc(C(=O)N[C@H](c2cnc3ccccc3c2)C2CC(O)C2)no1. The maximum atomic E-state index is 12.5. The molecule has 4 rings (SSSR count). The Hall–Kier alpha value is -2.73. The molecule has 1 atom stereocenters. The van der Waals surface area contributed by atoms with Crippen LogP contribution < -0.4 is 5.32 Å². The number of hydrogen-bond donors (Lipinski definition) is 2. The molecule has 1 aromatic carbocycles. The minimum Gasteiger partial charge on any atom is -0.393 e. The molecule has 2 N–H and O–H groups in total. The van der Waals surface area contributed by atoms with E-state index in [0.717, 1.165) is 16.5 Å². The molecule has 3 aromatic rings. The molecule has 1 amide bonds. The Labute approximate surface area is 144 Å². The second kappa shape index (κ2) is 6.29. The molecular weight excluding hydrogens is 318 g/mol. The van der Waals surface area contributed by atoms with E-state index in [9.17, 15) is 9.90 Å². The highest BCUT2D eigenvalue weighted by atomic mass is 16.5. The molecule has 0 radical (unpaired) electrons. The number of carbonyl (C=O) groups is 1. The molecule has 0 saturated heterocycles. The van der Waals surface area contributed by atoms with Gasteiger partial charge in [-0.25, -0.2) is 0 Å². The number of benzene rings is 1. The molecule has 25 heavy (non-hydrogen) atoms. The van der Waals surface area contributed by atoms with E-state index in [0.29, 0.717) is 18.6 Å². The summed E-state index contributed by atoms with van der Waals surface area (Å²) >= 11 is 0. The predicted molar refractivity (Wildman–Crippen MR) is 91.9 cm³/mol. The van der Waals surface area contributed by atoms with E-state index in [1.54, 1.807) is 19.2 Å². The van der Waals surface area contributed by atoms with Gasteiger partial charge in [0.05, 0.1) is 17.7 Å². The number of aromatic nitrogens is 2. The molecule has 0 spiro atoms. The first-order valence-electron chi connectivity index (χ1n) is 8.37. The van der Waals surface area contributed by atoms with Gasteiger partial charge >= 0.3 is 0 Å². The van der Waals surface area contributed by atoms with E-state index in [2.05, 4.69) is 15.5 Å². The molecule has 0 aliphatic heterocycles. The number of aliphatic hydroxyl groups is 1. The van der Waals surface area contributed by atoms with Crippen molar-refractivity contribution in [1.82, 2.24) is 15.5 Å². The Balaban J connectivity index is 1.64.